The number of carbonyl (C=O) groups excluding carboxylic acids is 1. The van der Waals surface area contributed by atoms with Crippen LogP contribution in [0.4, 0.5) is 13.2 Å². The van der Waals surface area contributed by atoms with Crippen molar-refractivity contribution in [3.05, 3.63) is 11.4 Å². The number of hydrogen-bond donors (Lipinski definition) is 3. The smallest absolute Gasteiger partial charge is 0.223 e. The molecular formula is C35H57F3N6O2S. The van der Waals surface area contributed by atoms with Crippen LogP contribution in [0.1, 0.15) is 115 Å². The van der Waals surface area contributed by atoms with Crippen molar-refractivity contribution < 1.29 is 22.7 Å². The minimum absolute atomic E-state index is 0.0236. The van der Waals surface area contributed by atoms with Crippen LogP contribution in [0, 0.1) is 23.7 Å². The van der Waals surface area contributed by atoms with Crippen molar-refractivity contribution in [1.29, 1.82) is 0 Å². The highest BCUT2D eigenvalue weighted by molar-refractivity contribution is 7.99. The highest BCUT2D eigenvalue weighted by Crippen LogP contribution is 2.52. The van der Waals surface area contributed by atoms with Crippen LogP contribution in [0.3, 0.4) is 0 Å². The van der Waals surface area contributed by atoms with Crippen LogP contribution in [0.5, 0.6) is 0 Å². The first kappa shape index (κ1) is 36.3. The molecule has 266 valence electrons. The number of ether oxygens (including phenoxy) is 1. The minimum Gasteiger partial charge on any atom is -0.381 e. The number of nitrogens with one attached hydrogen (secondary N) is 1. The first-order chi connectivity index (χ1) is 22.5. The third kappa shape index (κ3) is 8.44. The summed E-state index contributed by atoms with van der Waals surface area (Å²) in [6, 6.07) is 0.139. The van der Waals surface area contributed by atoms with E-state index in [2.05, 4.69) is 28.7 Å². The van der Waals surface area contributed by atoms with Gasteiger partial charge in [0.05, 0.1) is 11.8 Å². The number of carbonyl (C=O) groups is 1. The molecule has 5 rings (SSSR count). The first-order valence-electron chi connectivity index (χ1n) is 18.0. The summed E-state index contributed by atoms with van der Waals surface area (Å²) in [7, 11) is 1.82. The fourth-order valence-electron chi connectivity index (χ4n) is 8.91. The van der Waals surface area contributed by atoms with Crippen molar-refractivity contribution in [3.63, 3.8) is 0 Å². The van der Waals surface area contributed by atoms with E-state index in [4.69, 9.17) is 21.2 Å². The molecule has 0 radical (unpaired) electrons. The molecule has 1 amide bonds. The lowest BCUT2D eigenvalue weighted by Crippen LogP contribution is -2.44. The summed E-state index contributed by atoms with van der Waals surface area (Å²) < 4.78 is 53.9. The summed E-state index contributed by atoms with van der Waals surface area (Å²) in [5.41, 5.74) is 13.0. The number of alkyl halides is 3. The molecule has 8 nitrogen and oxygen atoms in total. The Bertz CT molecular complexity index is 1210. The number of methoxy groups -OCH3 is 1. The molecule has 1 aromatic rings. The van der Waals surface area contributed by atoms with Gasteiger partial charge < -0.3 is 26.1 Å². The van der Waals surface area contributed by atoms with Gasteiger partial charge in [0, 0.05) is 54.9 Å². The Morgan fingerprint density at radius 1 is 1.09 bits per heavy atom. The number of hydrogen-bond acceptors (Lipinski definition) is 5. The molecule has 0 bridgehead atoms. The average Bonchev–Trinajstić information content (AvgIpc) is 3.42. The van der Waals surface area contributed by atoms with Crippen molar-refractivity contribution in [2.24, 2.45) is 40.1 Å². The van der Waals surface area contributed by atoms with Gasteiger partial charge in [0.2, 0.25) is 5.91 Å². The molecule has 3 fully saturated rings. The third-order valence-electron chi connectivity index (χ3n) is 11.8. The number of halogens is 3. The summed E-state index contributed by atoms with van der Waals surface area (Å²) >= 11 is 1.46. The van der Waals surface area contributed by atoms with Crippen LogP contribution in [0.15, 0.2) is 10.1 Å². The van der Waals surface area contributed by atoms with E-state index in [1.54, 1.807) is 0 Å². The molecule has 6 unspecified atom stereocenters. The molecule has 1 heterocycles. The van der Waals surface area contributed by atoms with Gasteiger partial charge in [-0.3, -0.25) is 9.79 Å². The number of imidazole rings is 1. The number of nitrogens with zero attached hydrogens (tertiary/aromatic N) is 3. The monoisotopic (exact) mass is 682 g/mol. The van der Waals surface area contributed by atoms with Crippen LogP contribution in [-0.2, 0) is 21.4 Å². The number of nitrogens with two attached hydrogens (primary N) is 2. The number of thioether (sulfide) groups is 1. The van der Waals surface area contributed by atoms with Gasteiger partial charge in [-0.2, -0.15) is 0 Å². The van der Waals surface area contributed by atoms with E-state index < -0.39 is 30.4 Å². The molecule has 1 aromatic heterocycles. The van der Waals surface area contributed by atoms with Crippen LogP contribution in [0.2, 0.25) is 0 Å². The highest BCUT2D eigenvalue weighted by Gasteiger charge is 2.47. The maximum atomic E-state index is 15.6. The lowest BCUT2D eigenvalue weighted by atomic mass is 9.61. The number of guanidine groups is 1. The maximum absolute atomic E-state index is 15.6. The number of fused-ring (bicyclic) bond motifs is 1. The first-order valence-corrected chi connectivity index (χ1v) is 19.0. The van der Waals surface area contributed by atoms with E-state index in [-0.39, 0.29) is 48.0 Å². The molecule has 0 aromatic carbocycles. The van der Waals surface area contributed by atoms with Gasteiger partial charge in [0.25, 0.3) is 0 Å². The molecule has 4 aliphatic rings. The topological polar surface area (TPSA) is 121 Å². The molecular weight excluding hydrogens is 625 g/mol. The SMILES string of the molecule is COC1CC(C2(C)CCCc3nc(SCC4C(F)CC(C(=O)NCCCCN=C(N)N)CC4F)n(C4CCC(F)CC4)c32)CCC1C. The molecule has 0 spiro atoms. The van der Waals surface area contributed by atoms with E-state index in [1.807, 2.05) is 7.11 Å². The van der Waals surface area contributed by atoms with E-state index in [0.717, 1.165) is 62.2 Å². The van der Waals surface area contributed by atoms with E-state index in [0.29, 0.717) is 50.6 Å². The molecule has 12 heteroatoms. The summed E-state index contributed by atoms with van der Waals surface area (Å²) in [4.78, 5) is 21.9. The Balaban J connectivity index is 1.28. The zero-order valence-electron chi connectivity index (χ0n) is 28.6. The van der Waals surface area contributed by atoms with E-state index >= 15 is 8.78 Å². The predicted octanol–water partition coefficient (Wildman–Crippen LogP) is 6.35. The van der Waals surface area contributed by atoms with Crippen LogP contribution < -0.4 is 16.8 Å². The summed E-state index contributed by atoms with van der Waals surface area (Å²) in [5, 5.41) is 3.67. The van der Waals surface area contributed by atoms with Gasteiger partial charge in [-0.05, 0) is 102 Å². The van der Waals surface area contributed by atoms with Crippen molar-refractivity contribution in [2.75, 3.05) is 26.0 Å². The summed E-state index contributed by atoms with van der Waals surface area (Å²) in [5.74, 6) is -0.489. The zero-order chi connectivity index (χ0) is 33.7. The Morgan fingerprint density at radius 2 is 1.81 bits per heavy atom. The molecule has 0 aliphatic heterocycles. The molecule has 6 atom stereocenters. The van der Waals surface area contributed by atoms with Crippen LogP contribution >= 0.6 is 11.8 Å². The Morgan fingerprint density at radius 3 is 2.49 bits per heavy atom. The van der Waals surface area contributed by atoms with Gasteiger partial charge in [-0.25, -0.2) is 18.2 Å². The Kier molecular flexibility index (Phi) is 12.5. The fraction of sp³-hybridized carbons (Fsp3) is 0.857. The lowest BCUT2D eigenvalue weighted by molar-refractivity contribution is -0.128. The fourth-order valence-corrected chi connectivity index (χ4v) is 10.2. The van der Waals surface area contributed by atoms with Crippen molar-refractivity contribution in [1.82, 2.24) is 14.9 Å². The van der Waals surface area contributed by atoms with Gasteiger partial charge in [-0.15, -0.1) is 0 Å². The third-order valence-corrected chi connectivity index (χ3v) is 12.9. The van der Waals surface area contributed by atoms with Gasteiger partial charge in [0.15, 0.2) is 11.1 Å². The predicted molar refractivity (Wildman–Crippen MR) is 182 cm³/mol. The second-order valence-corrected chi connectivity index (χ2v) is 16.0. The molecule has 47 heavy (non-hydrogen) atoms. The number of rotatable bonds is 12. The maximum Gasteiger partial charge on any atom is 0.223 e. The van der Waals surface area contributed by atoms with Gasteiger partial charge in [-0.1, -0.05) is 25.6 Å². The second-order valence-electron chi connectivity index (χ2n) is 15.0. The quantitative estimate of drug-likeness (QED) is 0.102. The van der Waals surface area contributed by atoms with Gasteiger partial charge >= 0.3 is 0 Å². The molecule has 0 saturated heterocycles. The number of aryl methyl sites for hydroxylation is 1. The number of unbranched alkanes of at least 4 members (excludes halogenated alkanes) is 1. The Labute approximate surface area is 283 Å². The van der Waals surface area contributed by atoms with Crippen molar-refractivity contribution in [3.8, 4) is 0 Å². The number of aliphatic imine (C=N–C) groups is 1. The van der Waals surface area contributed by atoms with Gasteiger partial charge in [0.1, 0.15) is 18.5 Å². The highest BCUT2D eigenvalue weighted by atomic mass is 32.2. The lowest BCUT2D eigenvalue weighted by Gasteiger charge is -2.47. The van der Waals surface area contributed by atoms with Crippen molar-refractivity contribution in [2.45, 2.75) is 145 Å². The molecule has 4 aliphatic carbocycles. The zero-order valence-corrected chi connectivity index (χ0v) is 29.4. The number of aromatic nitrogens is 2. The molecule has 5 N–H and O–H groups in total. The minimum atomic E-state index is -1.41. The normalized spacial score (nSPS) is 36.0. The van der Waals surface area contributed by atoms with E-state index in [9.17, 15) is 9.18 Å². The van der Waals surface area contributed by atoms with Crippen molar-refractivity contribution >= 4 is 23.6 Å². The number of amides is 1. The van der Waals surface area contributed by atoms with Crippen LogP contribution in [-0.4, -0.2) is 72.0 Å². The summed E-state index contributed by atoms with van der Waals surface area (Å²) in [6.07, 6.45) is 6.97. The molecule has 3 saturated carbocycles. The summed E-state index contributed by atoms with van der Waals surface area (Å²) in [6.45, 7) is 5.58. The van der Waals surface area contributed by atoms with Crippen LogP contribution in [0.25, 0.3) is 0 Å². The second kappa shape index (κ2) is 16.2. The Hall–Kier alpha value is -1.95. The van der Waals surface area contributed by atoms with E-state index in [1.165, 1.54) is 17.5 Å². The average molecular weight is 683 g/mol. The largest absolute Gasteiger partial charge is 0.381 e. The standard InChI is InChI=1S/C35H57F3N6O2S/c1-21-8-9-23(19-30(21)46-3)35(2)14-6-7-29-31(35)44(25-12-10-24(36)11-13-25)34(43-29)47-20-26-27(37)17-22(18-28(26)38)32(45)41-15-4-5-16-42-33(39)40/h21-28,30H,4-20H2,1-3H3,(H,41,45)(H4,39,40,42).